The molecule has 3 aromatic rings. The van der Waals surface area contributed by atoms with Crippen LogP contribution in [0.4, 0.5) is 17.1 Å². The summed E-state index contributed by atoms with van der Waals surface area (Å²) in [6.45, 7) is 2.82. The minimum atomic E-state index is -0.357. The van der Waals surface area contributed by atoms with Gasteiger partial charge in [-0.3, -0.25) is 9.59 Å². The van der Waals surface area contributed by atoms with E-state index in [1.54, 1.807) is 36.4 Å². The Morgan fingerprint density at radius 2 is 1.77 bits per heavy atom. The van der Waals surface area contributed by atoms with Gasteiger partial charge in [-0.15, -0.1) is 0 Å². The van der Waals surface area contributed by atoms with Gasteiger partial charge in [0.15, 0.2) is 5.76 Å². The maximum Gasteiger partial charge on any atom is 0.291 e. The highest BCUT2D eigenvalue weighted by Crippen LogP contribution is 2.24. The average Bonchev–Trinajstić information content (AvgIpc) is 3.29. The molecule has 0 spiro atoms. The highest BCUT2D eigenvalue weighted by atomic mass is 16.5. The van der Waals surface area contributed by atoms with E-state index in [0.29, 0.717) is 18.0 Å². The molecule has 1 aromatic heterocycles. The number of anilines is 3. The van der Waals surface area contributed by atoms with E-state index >= 15 is 0 Å². The molecule has 0 fully saturated rings. The molecule has 0 aliphatic heterocycles. The van der Waals surface area contributed by atoms with E-state index in [1.165, 1.54) is 6.26 Å². The molecule has 3 N–H and O–H groups in total. The number of hydrogen-bond acceptors (Lipinski definition) is 5. The molecule has 0 bridgehead atoms. The Morgan fingerprint density at radius 3 is 2.53 bits per heavy atom. The molecule has 7 nitrogen and oxygen atoms in total. The van der Waals surface area contributed by atoms with Crippen LogP contribution in [0.3, 0.4) is 0 Å². The molecule has 0 unspecified atom stereocenters. The van der Waals surface area contributed by atoms with Crippen LogP contribution < -0.4 is 20.7 Å². The van der Waals surface area contributed by atoms with Crippen molar-refractivity contribution in [1.82, 2.24) is 0 Å². The van der Waals surface area contributed by atoms with Gasteiger partial charge in [-0.25, -0.2) is 0 Å². The number of nitrogens with one attached hydrogen (secondary N) is 3. The smallest absolute Gasteiger partial charge is 0.291 e. The number of carbonyl (C=O) groups excluding carboxylic acids is 2. The maximum absolute atomic E-state index is 12.4. The van der Waals surface area contributed by atoms with Crippen LogP contribution in [0.5, 0.6) is 5.75 Å². The second-order valence-corrected chi connectivity index (χ2v) is 6.61. The third-order valence-corrected chi connectivity index (χ3v) is 4.23. The summed E-state index contributed by atoms with van der Waals surface area (Å²) in [5, 5.41) is 8.65. The van der Waals surface area contributed by atoms with Gasteiger partial charge in [0.25, 0.3) is 5.91 Å². The Bertz CT molecular complexity index is 970. The second-order valence-electron chi connectivity index (χ2n) is 6.61. The molecular weight excluding hydrogens is 382 g/mol. The van der Waals surface area contributed by atoms with Crippen LogP contribution in [0.25, 0.3) is 0 Å². The fraction of sp³-hybridized carbons (Fsp3) is 0.217. The first kappa shape index (κ1) is 21.0. The van der Waals surface area contributed by atoms with E-state index in [0.717, 1.165) is 24.3 Å². The van der Waals surface area contributed by atoms with E-state index in [-0.39, 0.29) is 24.1 Å². The first-order valence-corrected chi connectivity index (χ1v) is 9.86. The number of ether oxygens (including phenoxy) is 1. The Morgan fingerprint density at radius 1 is 0.967 bits per heavy atom. The lowest BCUT2D eigenvalue weighted by atomic mass is 10.2. The Kier molecular flexibility index (Phi) is 7.49. The topological polar surface area (TPSA) is 92.6 Å². The van der Waals surface area contributed by atoms with Crippen molar-refractivity contribution in [2.75, 3.05) is 29.1 Å². The summed E-state index contributed by atoms with van der Waals surface area (Å²) in [4.78, 5) is 24.4. The molecule has 0 aliphatic rings. The summed E-state index contributed by atoms with van der Waals surface area (Å²) in [7, 11) is 0. The van der Waals surface area contributed by atoms with Crippen LogP contribution >= 0.6 is 0 Å². The molecule has 2 aromatic carbocycles. The number of carbonyl (C=O) groups is 2. The molecule has 0 radical (unpaired) electrons. The van der Waals surface area contributed by atoms with Crippen LogP contribution in [0.2, 0.25) is 0 Å². The summed E-state index contributed by atoms with van der Waals surface area (Å²) < 4.78 is 10.8. The fourth-order valence-electron chi connectivity index (χ4n) is 2.72. The zero-order chi connectivity index (χ0) is 21.2. The molecule has 7 heteroatoms. The van der Waals surface area contributed by atoms with Crippen molar-refractivity contribution in [3.63, 3.8) is 0 Å². The minimum absolute atomic E-state index is 0.0805. The van der Waals surface area contributed by atoms with E-state index in [1.807, 2.05) is 24.3 Å². The third kappa shape index (κ3) is 6.13. The lowest BCUT2D eigenvalue weighted by Gasteiger charge is -2.13. The van der Waals surface area contributed by atoms with Crippen molar-refractivity contribution in [1.29, 1.82) is 0 Å². The quantitative estimate of drug-likeness (QED) is 0.421. The van der Waals surface area contributed by atoms with Crippen LogP contribution in [-0.2, 0) is 4.79 Å². The molecule has 1 heterocycles. The molecule has 0 atom stereocenters. The molecule has 2 amide bonds. The van der Waals surface area contributed by atoms with Gasteiger partial charge >= 0.3 is 0 Å². The summed E-state index contributed by atoms with van der Waals surface area (Å²) in [5.74, 6) is 0.368. The zero-order valence-corrected chi connectivity index (χ0v) is 16.8. The van der Waals surface area contributed by atoms with Crippen LogP contribution in [0.15, 0.2) is 71.3 Å². The van der Waals surface area contributed by atoms with Gasteiger partial charge in [0.2, 0.25) is 5.91 Å². The van der Waals surface area contributed by atoms with Crippen LogP contribution in [0.1, 0.15) is 30.3 Å². The molecule has 156 valence electrons. The van der Waals surface area contributed by atoms with Gasteiger partial charge < -0.3 is 25.1 Å². The molecular formula is C23H25N3O4. The van der Waals surface area contributed by atoms with E-state index in [9.17, 15) is 9.59 Å². The van der Waals surface area contributed by atoms with Crippen molar-refractivity contribution in [2.45, 2.75) is 19.8 Å². The summed E-state index contributed by atoms with van der Waals surface area (Å²) in [6, 6.07) is 17.7. The number of benzene rings is 2. The molecule has 3 rings (SSSR count). The summed E-state index contributed by atoms with van der Waals surface area (Å²) in [5.41, 5.74) is 1.89. The van der Waals surface area contributed by atoms with E-state index in [4.69, 9.17) is 9.15 Å². The van der Waals surface area contributed by atoms with Crippen LogP contribution in [0, 0.1) is 0 Å². The molecule has 30 heavy (non-hydrogen) atoms. The van der Waals surface area contributed by atoms with E-state index < -0.39 is 0 Å². The lowest BCUT2D eigenvalue weighted by molar-refractivity contribution is -0.114. The fourth-order valence-corrected chi connectivity index (χ4v) is 2.72. The molecule has 0 saturated carbocycles. The van der Waals surface area contributed by atoms with Crippen molar-refractivity contribution >= 4 is 28.9 Å². The predicted octanol–water partition coefficient (Wildman–Crippen LogP) is 4.76. The highest BCUT2D eigenvalue weighted by Gasteiger charge is 2.10. The van der Waals surface area contributed by atoms with Crippen molar-refractivity contribution in [3.05, 3.63) is 72.7 Å². The van der Waals surface area contributed by atoms with Gasteiger partial charge in [0.05, 0.1) is 25.1 Å². The minimum Gasteiger partial charge on any atom is -0.491 e. The van der Waals surface area contributed by atoms with Gasteiger partial charge in [0, 0.05) is 11.4 Å². The van der Waals surface area contributed by atoms with Gasteiger partial charge in [-0.05, 0) is 48.9 Å². The first-order chi connectivity index (χ1) is 14.7. The maximum atomic E-state index is 12.4. The van der Waals surface area contributed by atoms with Gasteiger partial charge in [-0.2, -0.15) is 0 Å². The van der Waals surface area contributed by atoms with Crippen LogP contribution in [-0.4, -0.2) is 25.0 Å². The number of amides is 2. The zero-order valence-electron chi connectivity index (χ0n) is 16.8. The average molecular weight is 407 g/mol. The largest absolute Gasteiger partial charge is 0.491 e. The Labute approximate surface area is 175 Å². The first-order valence-electron chi connectivity index (χ1n) is 9.86. The van der Waals surface area contributed by atoms with Gasteiger partial charge in [0.1, 0.15) is 5.75 Å². The molecule has 0 aliphatic carbocycles. The number of hydrogen-bond donors (Lipinski definition) is 3. The predicted molar refractivity (Wildman–Crippen MR) is 117 cm³/mol. The third-order valence-electron chi connectivity index (χ3n) is 4.23. The van der Waals surface area contributed by atoms with Crippen molar-refractivity contribution < 1.29 is 18.7 Å². The monoisotopic (exact) mass is 407 g/mol. The number of furan rings is 1. The van der Waals surface area contributed by atoms with Gasteiger partial charge in [-0.1, -0.05) is 31.5 Å². The second kappa shape index (κ2) is 10.7. The highest BCUT2D eigenvalue weighted by molar-refractivity contribution is 6.02. The molecule has 0 saturated heterocycles. The Hall–Kier alpha value is -3.74. The SMILES string of the molecule is CCCCOc1ccccc1NCC(=O)Nc1cccc(NC(=O)c2ccco2)c1. The number of para-hydroxylation sites is 2. The number of unbranched alkanes of at least 4 members (excludes halogenated alkanes) is 1. The normalized spacial score (nSPS) is 10.3. The van der Waals surface area contributed by atoms with E-state index in [2.05, 4.69) is 22.9 Å². The standard InChI is InChI=1S/C23H25N3O4/c1-2-3-13-29-20-11-5-4-10-19(20)24-16-22(27)25-17-8-6-9-18(15-17)26-23(28)21-12-7-14-30-21/h4-12,14-15,24H,2-3,13,16H2,1H3,(H,25,27)(H,26,28). The number of rotatable bonds is 10. The summed E-state index contributed by atoms with van der Waals surface area (Å²) in [6.07, 6.45) is 3.46. The van der Waals surface area contributed by atoms with Crippen molar-refractivity contribution in [3.8, 4) is 5.75 Å². The van der Waals surface area contributed by atoms with Crippen molar-refractivity contribution in [2.24, 2.45) is 0 Å². The Balaban J connectivity index is 1.54. The summed E-state index contributed by atoms with van der Waals surface area (Å²) >= 11 is 0. The lowest BCUT2D eigenvalue weighted by Crippen LogP contribution is -2.22.